The Labute approximate surface area is 87.2 Å². The molecule has 1 aromatic heterocycles. The molecule has 0 aliphatic rings. The molecular formula is C9H12N4O2. The molecule has 0 bridgehead atoms. The first-order valence-electron chi connectivity index (χ1n) is 4.46. The SMILES string of the molecule is C#CCC(N)C(=O)NCCc1ncno1. The molecule has 6 nitrogen and oxygen atoms in total. The van der Waals surface area contributed by atoms with Crippen LogP contribution in [0.25, 0.3) is 0 Å². The summed E-state index contributed by atoms with van der Waals surface area (Å²) in [7, 11) is 0. The third-order valence-corrected chi connectivity index (χ3v) is 1.72. The van der Waals surface area contributed by atoms with Crippen molar-refractivity contribution in [1.82, 2.24) is 15.5 Å². The fraction of sp³-hybridized carbons (Fsp3) is 0.444. The lowest BCUT2D eigenvalue weighted by atomic mass is 10.2. The molecule has 1 rings (SSSR count). The maximum Gasteiger partial charge on any atom is 0.237 e. The van der Waals surface area contributed by atoms with Gasteiger partial charge in [0.25, 0.3) is 0 Å². The second-order valence-electron chi connectivity index (χ2n) is 2.89. The predicted octanol–water partition coefficient (Wildman–Crippen LogP) is -0.921. The molecule has 0 spiro atoms. The highest BCUT2D eigenvalue weighted by Crippen LogP contribution is 1.91. The average molecular weight is 208 g/mol. The van der Waals surface area contributed by atoms with E-state index in [1.807, 2.05) is 0 Å². The molecule has 1 atom stereocenters. The van der Waals surface area contributed by atoms with Crippen LogP contribution in [-0.2, 0) is 11.2 Å². The van der Waals surface area contributed by atoms with Crippen molar-refractivity contribution in [1.29, 1.82) is 0 Å². The highest BCUT2D eigenvalue weighted by atomic mass is 16.5. The Morgan fingerprint density at radius 1 is 1.80 bits per heavy atom. The molecule has 1 unspecified atom stereocenters. The maximum atomic E-state index is 11.3. The fourth-order valence-corrected chi connectivity index (χ4v) is 0.950. The monoisotopic (exact) mass is 208 g/mol. The van der Waals surface area contributed by atoms with E-state index in [0.29, 0.717) is 18.9 Å². The van der Waals surface area contributed by atoms with Crippen LogP contribution in [0.4, 0.5) is 0 Å². The highest BCUT2D eigenvalue weighted by molar-refractivity contribution is 5.81. The topological polar surface area (TPSA) is 94.0 Å². The summed E-state index contributed by atoms with van der Waals surface area (Å²) in [5.41, 5.74) is 5.48. The quantitative estimate of drug-likeness (QED) is 0.610. The van der Waals surface area contributed by atoms with Gasteiger partial charge in [0.15, 0.2) is 6.33 Å². The maximum absolute atomic E-state index is 11.3. The van der Waals surface area contributed by atoms with Gasteiger partial charge in [0, 0.05) is 19.4 Å². The van der Waals surface area contributed by atoms with Gasteiger partial charge >= 0.3 is 0 Å². The van der Waals surface area contributed by atoms with Crippen LogP contribution >= 0.6 is 0 Å². The van der Waals surface area contributed by atoms with Crippen LogP contribution in [0.1, 0.15) is 12.3 Å². The van der Waals surface area contributed by atoms with Gasteiger partial charge in [-0.05, 0) is 0 Å². The fourth-order valence-electron chi connectivity index (χ4n) is 0.950. The van der Waals surface area contributed by atoms with Gasteiger partial charge in [-0.2, -0.15) is 4.98 Å². The number of amides is 1. The van der Waals surface area contributed by atoms with Gasteiger partial charge in [-0.15, -0.1) is 12.3 Å². The van der Waals surface area contributed by atoms with E-state index in [9.17, 15) is 4.79 Å². The second kappa shape index (κ2) is 5.78. The van der Waals surface area contributed by atoms with Gasteiger partial charge in [0.05, 0.1) is 6.04 Å². The third kappa shape index (κ3) is 3.79. The summed E-state index contributed by atoms with van der Waals surface area (Å²) in [5.74, 6) is 2.53. The lowest BCUT2D eigenvalue weighted by Gasteiger charge is -2.07. The Balaban J connectivity index is 2.20. The Morgan fingerprint density at radius 3 is 3.20 bits per heavy atom. The smallest absolute Gasteiger partial charge is 0.237 e. The van der Waals surface area contributed by atoms with Crippen molar-refractivity contribution in [2.45, 2.75) is 18.9 Å². The minimum absolute atomic E-state index is 0.229. The van der Waals surface area contributed by atoms with E-state index in [-0.39, 0.29) is 12.3 Å². The number of rotatable bonds is 5. The van der Waals surface area contributed by atoms with Gasteiger partial charge in [0.2, 0.25) is 11.8 Å². The molecule has 1 aromatic rings. The first kappa shape index (κ1) is 11.2. The molecule has 80 valence electrons. The molecule has 0 aliphatic heterocycles. The number of nitrogens with zero attached hydrogens (tertiary/aromatic N) is 2. The van der Waals surface area contributed by atoms with Gasteiger partial charge in [-0.25, -0.2) is 0 Å². The van der Waals surface area contributed by atoms with Gasteiger partial charge in [-0.3, -0.25) is 4.79 Å². The predicted molar refractivity (Wildman–Crippen MR) is 52.4 cm³/mol. The van der Waals surface area contributed by atoms with Crippen molar-refractivity contribution in [3.8, 4) is 12.3 Å². The number of aromatic nitrogens is 2. The first-order chi connectivity index (χ1) is 7.24. The normalized spacial score (nSPS) is 11.7. The number of carbonyl (C=O) groups is 1. The molecule has 0 saturated carbocycles. The summed E-state index contributed by atoms with van der Waals surface area (Å²) in [6, 6.07) is -0.655. The lowest BCUT2D eigenvalue weighted by molar-refractivity contribution is -0.122. The molecular weight excluding hydrogens is 196 g/mol. The average Bonchev–Trinajstić information content (AvgIpc) is 2.71. The molecule has 1 heterocycles. The molecule has 6 heteroatoms. The van der Waals surface area contributed by atoms with Crippen LogP contribution in [0.15, 0.2) is 10.9 Å². The standard InChI is InChI=1S/C9H12N4O2/c1-2-3-7(10)9(14)11-5-4-8-12-6-13-15-8/h1,6-7H,3-5,10H2,(H,11,14). The number of hydrogen-bond acceptors (Lipinski definition) is 5. The van der Waals surface area contributed by atoms with Crippen LogP contribution in [0.5, 0.6) is 0 Å². The molecule has 0 saturated heterocycles. The summed E-state index contributed by atoms with van der Waals surface area (Å²) in [5, 5.41) is 6.05. The highest BCUT2D eigenvalue weighted by Gasteiger charge is 2.11. The van der Waals surface area contributed by atoms with E-state index >= 15 is 0 Å². The summed E-state index contributed by atoms with van der Waals surface area (Å²) >= 11 is 0. The minimum Gasteiger partial charge on any atom is -0.354 e. The van der Waals surface area contributed by atoms with E-state index in [1.54, 1.807) is 0 Å². The number of nitrogens with two attached hydrogens (primary N) is 1. The number of nitrogens with one attached hydrogen (secondary N) is 1. The molecule has 0 aromatic carbocycles. The molecule has 0 aliphatic carbocycles. The van der Waals surface area contributed by atoms with Crippen molar-refractivity contribution in [2.24, 2.45) is 5.73 Å². The largest absolute Gasteiger partial charge is 0.354 e. The van der Waals surface area contributed by atoms with Crippen LogP contribution in [0.2, 0.25) is 0 Å². The molecule has 1 amide bonds. The number of hydrogen-bond donors (Lipinski definition) is 2. The Morgan fingerprint density at radius 2 is 2.60 bits per heavy atom. The van der Waals surface area contributed by atoms with Crippen LogP contribution in [-0.4, -0.2) is 28.6 Å². The second-order valence-corrected chi connectivity index (χ2v) is 2.89. The zero-order chi connectivity index (χ0) is 11.1. The molecule has 15 heavy (non-hydrogen) atoms. The van der Waals surface area contributed by atoms with Crippen LogP contribution in [0, 0.1) is 12.3 Å². The summed E-state index contributed by atoms with van der Waals surface area (Å²) < 4.78 is 4.75. The summed E-state index contributed by atoms with van der Waals surface area (Å²) in [6.45, 7) is 0.402. The Kier molecular flexibility index (Phi) is 4.31. The molecule has 0 fully saturated rings. The zero-order valence-electron chi connectivity index (χ0n) is 8.14. The summed E-state index contributed by atoms with van der Waals surface area (Å²) in [4.78, 5) is 15.1. The van der Waals surface area contributed by atoms with Gasteiger partial charge in [0.1, 0.15) is 0 Å². The van der Waals surface area contributed by atoms with E-state index in [4.69, 9.17) is 16.7 Å². The van der Waals surface area contributed by atoms with Gasteiger partial charge in [-0.1, -0.05) is 5.16 Å². The minimum atomic E-state index is -0.655. The van der Waals surface area contributed by atoms with Crippen molar-refractivity contribution >= 4 is 5.91 Å². The third-order valence-electron chi connectivity index (χ3n) is 1.72. The summed E-state index contributed by atoms with van der Waals surface area (Å²) in [6.07, 6.45) is 7.05. The molecule has 0 radical (unpaired) electrons. The van der Waals surface area contributed by atoms with Crippen molar-refractivity contribution in [3.63, 3.8) is 0 Å². The van der Waals surface area contributed by atoms with E-state index < -0.39 is 6.04 Å². The zero-order valence-corrected chi connectivity index (χ0v) is 8.14. The molecule has 3 N–H and O–H groups in total. The van der Waals surface area contributed by atoms with Crippen molar-refractivity contribution in [3.05, 3.63) is 12.2 Å². The van der Waals surface area contributed by atoms with Crippen LogP contribution < -0.4 is 11.1 Å². The Bertz CT molecular complexity index is 341. The van der Waals surface area contributed by atoms with Crippen molar-refractivity contribution < 1.29 is 9.32 Å². The van der Waals surface area contributed by atoms with Crippen LogP contribution in [0.3, 0.4) is 0 Å². The first-order valence-corrected chi connectivity index (χ1v) is 4.46. The lowest BCUT2D eigenvalue weighted by Crippen LogP contribution is -2.41. The Hall–Kier alpha value is -1.87. The van der Waals surface area contributed by atoms with E-state index in [1.165, 1.54) is 6.33 Å². The van der Waals surface area contributed by atoms with E-state index in [2.05, 4.69) is 21.4 Å². The van der Waals surface area contributed by atoms with Gasteiger partial charge < -0.3 is 15.6 Å². The van der Waals surface area contributed by atoms with Crippen molar-refractivity contribution in [2.75, 3.05) is 6.54 Å². The van der Waals surface area contributed by atoms with E-state index in [0.717, 1.165) is 0 Å². The number of carbonyl (C=O) groups excluding carboxylic acids is 1. The number of terminal acetylenes is 1.